The molecule has 0 spiro atoms. The second-order valence-electron chi connectivity index (χ2n) is 9.51. The highest BCUT2D eigenvalue weighted by Crippen LogP contribution is 2.37. The van der Waals surface area contributed by atoms with E-state index in [2.05, 4.69) is 44.2 Å². The first-order chi connectivity index (χ1) is 14.9. The first kappa shape index (κ1) is 23.9. The van der Waals surface area contributed by atoms with Crippen molar-refractivity contribution in [3.05, 3.63) is 42.2 Å². The van der Waals surface area contributed by atoms with Crippen LogP contribution in [-0.4, -0.2) is 49.1 Å². The van der Waals surface area contributed by atoms with E-state index in [9.17, 15) is 14.0 Å². The fraction of sp³-hybridized carbons (Fsp3) is 0.500. The van der Waals surface area contributed by atoms with Crippen LogP contribution in [0.4, 0.5) is 14.9 Å². The van der Waals surface area contributed by atoms with Crippen LogP contribution in [0.5, 0.6) is 0 Å². The van der Waals surface area contributed by atoms with Crippen LogP contribution in [0.25, 0.3) is 5.69 Å². The van der Waals surface area contributed by atoms with Crippen molar-refractivity contribution in [3.63, 3.8) is 0 Å². The molecule has 0 aliphatic carbocycles. The van der Waals surface area contributed by atoms with Gasteiger partial charge in [-0.2, -0.15) is 0 Å². The number of cyclic esters (lactones) is 1. The lowest BCUT2D eigenvalue weighted by Gasteiger charge is -2.35. The van der Waals surface area contributed by atoms with Crippen molar-refractivity contribution < 1.29 is 23.1 Å². The number of anilines is 1. The van der Waals surface area contributed by atoms with Gasteiger partial charge in [0.25, 0.3) is 0 Å². The van der Waals surface area contributed by atoms with Crippen LogP contribution in [0, 0.1) is 5.82 Å². The number of benzene rings is 1. The zero-order valence-electron chi connectivity index (χ0n) is 19.4. The molecule has 3 rings (SSSR count). The summed E-state index contributed by atoms with van der Waals surface area (Å²) in [6.45, 7) is 13.1. The number of halogens is 1. The van der Waals surface area contributed by atoms with E-state index in [1.54, 1.807) is 29.2 Å². The highest BCUT2D eigenvalue weighted by molar-refractivity contribution is 6.74. The van der Waals surface area contributed by atoms with E-state index in [1.165, 1.54) is 17.9 Å². The summed E-state index contributed by atoms with van der Waals surface area (Å²) < 4.78 is 27.9. The van der Waals surface area contributed by atoms with Crippen LogP contribution in [0.2, 0.25) is 18.1 Å². The summed E-state index contributed by atoms with van der Waals surface area (Å²) in [6, 6.07) is 4.55. The van der Waals surface area contributed by atoms with Crippen molar-refractivity contribution in [2.24, 2.45) is 0 Å². The molecule has 174 valence electrons. The molecule has 0 radical (unpaired) electrons. The minimum absolute atomic E-state index is 0.0926. The third kappa shape index (κ3) is 5.36. The maximum Gasteiger partial charge on any atom is 0.414 e. The molecular weight excluding hydrogens is 431 g/mol. The van der Waals surface area contributed by atoms with Gasteiger partial charge in [-0.3, -0.25) is 9.69 Å². The SMILES string of the molecule is CC(=O)NC[C@H]1CN(c2ccc(-n3cnc(CO[Si](C)(C)C(C)(C)C)c3)c(F)c2)C(=O)O1. The molecule has 1 aliphatic heterocycles. The van der Waals surface area contributed by atoms with Gasteiger partial charge in [0.15, 0.2) is 8.32 Å². The monoisotopic (exact) mass is 462 g/mol. The molecule has 1 fully saturated rings. The van der Waals surface area contributed by atoms with Crippen molar-refractivity contribution >= 4 is 26.0 Å². The fourth-order valence-corrected chi connectivity index (χ4v) is 3.95. The Morgan fingerprint density at radius 2 is 2.09 bits per heavy atom. The predicted octanol–water partition coefficient (Wildman–Crippen LogP) is 3.99. The summed E-state index contributed by atoms with van der Waals surface area (Å²) in [5.74, 6) is -0.695. The first-order valence-electron chi connectivity index (χ1n) is 10.6. The average molecular weight is 463 g/mol. The van der Waals surface area contributed by atoms with E-state index in [4.69, 9.17) is 9.16 Å². The lowest BCUT2D eigenvalue weighted by molar-refractivity contribution is -0.119. The largest absolute Gasteiger partial charge is 0.442 e. The van der Waals surface area contributed by atoms with Gasteiger partial charge < -0.3 is 19.0 Å². The number of carbonyl (C=O) groups is 2. The number of imidazole rings is 1. The van der Waals surface area contributed by atoms with Gasteiger partial charge in [-0.1, -0.05) is 20.8 Å². The second kappa shape index (κ2) is 9.03. The van der Waals surface area contributed by atoms with Crippen LogP contribution in [0.3, 0.4) is 0 Å². The minimum Gasteiger partial charge on any atom is -0.442 e. The Morgan fingerprint density at radius 1 is 1.38 bits per heavy atom. The van der Waals surface area contributed by atoms with Crippen LogP contribution in [0.15, 0.2) is 30.7 Å². The molecule has 1 atom stereocenters. The van der Waals surface area contributed by atoms with Crippen LogP contribution in [-0.2, 0) is 20.6 Å². The normalized spacial score (nSPS) is 16.9. The summed E-state index contributed by atoms with van der Waals surface area (Å²) in [7, 11) is -1.91. The van der Waals surface area contributed by atoms with Gasteiger partial charge in [-0.25, -0.2) is 14.2 Å². The molecule has 1 saturated heterocycles. The van der Waals surface area contributed by atoms with E-state index >= 15 is 0 Å². The van der Waals surface area contributed by atoms with Crippen molar-refractivity contribution in [1.29, 1.82) is 0 Å². The molecule has 10 heteroatoms. The van der Waals surface area contributed by atoms with Crippen LogP contribution < -0.4 is 10.2 Å². The Hall–Kier alpha value is -2.72. The third-order valence-electron chi connectivity index (χ3n) is 6.00. The Labute approximate surface area is 188 Å². The summed E-state index contributed by atoms with van der Waals surface area (Å²) in [4.78, 5) is 28.9. The van der Waals surface area contributed by atoms with E-state index in [0.717, 1.165) is 5.69 Å². The first-order valence-corrected chi connectivity index (χ1v) is 13.5. The van der Waals surface area contributed by atoms with Gasteiger partial charge in [-0.05, 0) is 36.3 Å². The van der Waals surface area contributed by atoms with E-state index in [0.29, 0.717) is 18.0 Å². The zero-order valence-corrected chi connectivity index (χ0v) is 20.4. The lowest BCUT2D eigenvalue weighted by Crippen LogP contribution is -2.40. The molecule has 8 nitrogen and oxygen atoms in total. The van der Waals surface area contributed by atoms with E-state index < -0.39 is 26.3 Å². The highest BCUT2D eigenvalue weighted by atomic mass is 28.4. The van der Waals surface area contributed by atoms with Crippen molar-refractivity contribution in [3.8, 4) is 5.69 Å². The Morgan fingerprint density at radius 3 is 2.72 bits per heavy atom. The zero-order chi connectivity index (χ0) is 23.7. The number of aromatic nitrogens is 2. The third-order valence-corrected chi connectivity index (χ3v) is 10.5. The van der Waals surface area contributed by atoms with Gasteiger partial charge in [0.05, 0.1) is 43.1 Å². The number of ether oxygens (including phenoxy) is 1. The number of nitrogens with one attached hydrogen (secondary N) is 1. The van der Waals surface area contributed by atoms with Crippen LogP contribution >= 0.6 is 0 Å². The minimum atomic E-state index is -1.91. The number of amides is 2. The van der Waals surface area contributed by atoms with Gasteiger partial charge in [-0.15, -0.1) is 0 Å². The molecule has 1 aromatic heterocycles. The van der Waals surface area contributed by atoms with E-state index in [1.807, 2.05) is 0 Å². The molecule has 0 saturated carbocycles. The Kier molecular flexibility index (Phi) is 6.75. The molecule has 0 bridgehead atoms. The summed E-state index contributed by atoms with van der Waals surface area (Å²) in [6.07, 6.45) is 2.25. The summed E-state index contributed by atoms with van der Waals surface area (Å²) in [5.41, 5.74) is 1.44. The fourth-order valence-electron chi connectivity index (χ4n) is 3.01. The number of carbonyl (C=O) groups excluding carboxylic acids is 2. The molecule has 1 N–H and O–H groups in total. The van der Waals surface area contributed by atoms with Crippen molar-refractivity contribution in [1.82, 2.24) is 14.9 Å². The quantitative estimate of drug-likeness (QED) is 0.629. The molecular formula is C22H31FN4O4Si. The average Bonchev–Trinajstić information content (AvgIpc) is 3.30. The van der Waals surface area contributed by atoms with Gasteiger partial charge in [0.1, 0.15) is 11.9 Å². The molecule has 0 unspecified atom stereocenters. The maximum absolute atomic E-state index is 14.9. The molecule has 2 aromatic rings. The summed E-state index contributed by atoms with van der Waals surface area (Å²) in [5, 5.41) is 2.71. The predicted molar refractivity (Wildman–Crippen MR) is 122 cm³/mol. The highest BCUT2D eigenvalue weighted by Gasteiger charge is 2.37. The maximum atomic E-state index is 14.9. The molecule has 32 heavy (non-hydrogen) atoms. The molecule has 1 aromatic carbocycles. The Bertz CT molecular complexity index is 1000. The molecule has 2 heterocycles. The molecule has 2 amide bonds. The number of hydrogen-bond donors (Lipinski definition) is 1. The smallest absolute Gasteiger partial charge is 0.414 e. The number of rotatable bonds is 7. The Balaban J connectivity index is 1.69. The summed E-state index contributed by atoms with van der Waals surface area (Å²) >= 11 is 0. The van der Waals surface area contributed by atoms with Gasteiger partial charge >= 0.3 is 6.09 Å². The van der Waals surface area contributed by atoms with Crippen molar-refractivity contribution in [2.45, 2.75) is 58.5 Å². The lowest BCUT2D eigenvalue weighted by atomic mass is 10.2. The second-order valence-corrected chi connectivity index (χ2v) is 14.3. The molecule has 1 aliphatic rings. The van der Waals surface area contributed by atoms with Gasteiger partial charge in [0, 0.05) is 13.1 Å². The topological polar surface area (TPSA) is 85.7 Å². The van der Waals surface area contributed by atoms with Gasteiger partial charge in [0.2, 0.25) is 5.91 Å². The number of hydrogen-bond acceptors (Lipinski definition) is 5. The number of nitrogens with zero attached hydrogens (tertiary/aromatic N) is 3. The standard InChI is InChI=1S/C22H31FN4O4Si/c1-15(28)24-10-18-12-27(21(29)31-18)17-7-8-20(19(23)9-17)26-11-16(25-14-26)13-30-32(5,6)22(2,3)4/h7-9,11,14,18H,10,12-13H2,1-6H3,(H,24,28)/t18-/m0/s1. The van der Waals surface area contributed by atoms with Crippen LogP contribution in [0.1, 0.15) is 33.4 Å². The van der Waals surface area contributed by atoms with E-state index in [-0.39, 0.29) is 24.0 Å². The van der Waals surface area contributed by atoms with Crippen molar-refractivity contribution in [2.75, 3.05) is 18.0 Å².